The molecular formula is C31H35N3O3. The summed E-state index contributed by atoms with van der Waals surface area (Å²) >= 11 is 0. The predicted molar refractivity (Wildman–Crippen MR) is 144 cm³/mol. The summed E-state index contributed by atoms with van der Waals surface area (Å²) in [5.41, 5.74) is 6.49. The van der Waals surface area contributed by atoms with E-state index < -0.39 is 5.41 Å². The fourth-order valence-corrected chi connectivity index (χ4v) is 7.40. The van der Waals surface area contributed by atoms with Crippen molar-refractivity contribution in [3.05, 3.63) is 53.1 Å². The second kappa shape index (κ2) is 8.37. The maximum atomic E-state index is 14.0. The number of rotatable bonds is 4. The van der Waals surface area contributed by atoms with Crippen molar-refractivity contribution in [2.45, 2.75) is 63.3 Å². The van der Waals surface area contributed by atoms with E-state index in [0.29, 0.717) is 23.9 Å². The first kappa shape index (κ1) is 22.9. The molecule has 6 heteroatoms. The molecule has 2 atom stereocenters. The van der Waals surface area contributed by atoms with Crippen LogP contribution in [0, 0.1) is 5.41 Å². The topological polar surface area (TPSA) is 63.6 Å². The molecule has 0 spiro atoms. The molecule has 2 unspecified atom stereocenters. The molecule has 2 saturated carbocycles. The molecule has 2 aromatic carbocycles. The standard InChI is InChI=1S/C31H35N3O3/c1-32-29(35)20-9-11-23-26(15-20)34-18-31(30(36)33-13-6-14-33)17-25(31)24-16-21(37-2)10-12-22(24)28(34)27(23)19-7-4-3-5-8-19/h9-12,15-16,19,25H,3-8,13-14,17-18H2,1-2H3,(H,32,35). The summed E-state index contributed by atoms with van der Waals surface area (Å²) in [5.74, 6) is 1.76. The van der Waals surface area contributed by atoms with Gasteiger partial charge in [-0.2, -0.15) is 0 Å². The second-order valence-electron chi connectivity index (χ2n) is 11.5. The van der Waals surface area contributed by atoms with Crippen LogP contribution in [0.25, 0.3) is 22.2 Å². The van der Waals surface area contributed by atoms with Gasteiger partial charge in [0.1, 0.15) is 5.75 Å². The molecule has 192 valence electrons. The van der Waals surface area contributed by atoms with Crippen LogP contribution in [0.2, 0.25) is 0 Å². The van der Waals surface area contributed by atoms with Crippen molar-refractivity contribution >= 4 is 22.7 Å². The zero-order valence-electron chi connectivity index (χ0n) is 21.8. The normalized spacial score (nSPS) is 24.4. The Morgan fingerprint density at radius 2 is 1.84 bits per heavy atom. The van der Waals surface area contributed by atoms with E-state index in [-0.39, 0.29) is 11.8 Å². The maximum absolute atomic E-state index is 14.0. The third-order valence-corrected chi connectivity index (χ3v) is 9.58. The average Bonchev–Trinajstić information content (AvgIpc) is 3.58. The molecule has 4 aliphatic rings. The Hall–Kier alpha value is -3.28. The Morgan fingerprint density at radius 3 is 2.54 bits per heavy atom. The van der Waals surface area contributed by atoms with E-state index in [9.17, 15) is 9.59 Å². The fraction of sp³-hybridized carbons (Fsp3) is 0.484. The van der Waals surface area contributed by atoms with Crippen LogP contribution in [0.1, 0.15) is 78.3 Å². The highest BCUT2D eigenvalue weighted by Crippen LogP contribution is 2.66. The Balaban J connectivity index is 1.51. The Morgan fingerprint density at radius 1 is 1.03 bits per heavy atom. The summed E-state index contributed by atoms with van der Waals surface area (Å²) in [6.45, 7) is 2.40. The molecule has 1 aromatic heterocycles. The molecule has 7 rings (SSSR count). The Kier molecular flexibility index (Phi) is 5.18. The predicted octanol–water partition coefficient (Wildman–Crippen LogP) is 5.44. The number of fused-ring (bicyclic) bond motifs is 7. The van der Waals surface area contributed by atoms with Crippen LogP contribution in [0.4, 0.5) is 0 Å². The number of likely N-dealkylation sites (tertiary alicyclic amines) is 1. The van der Waals surface area contributed by atoms with E-state index in [0.717, 1.165) is 37.2 Å². The highest BCUT2D eigenvalue weighted by molar-refractivity contribution is 6.01. The molecule has 3 fully saturated rings. The van der Waals surface area contributed by atoms with E-state index in [4.69, 9.17) is 4.74 Å². The summed E-state index contributed by atoms with van der Waals surface area (Å²) in [6, 6.07) is 12.6. The number of hydrogen-bond acceptors (Lipinski definition) is 3. The molecule has 3 heterocycles. The van der Waals surface area contributed by atoms with Crippen LogP contribution >= 0.6 is 0 Å². The van der Waals surface area contributed by atoms with Crippen LogP contribution in [-0.2, 0) is 11.3 Å². The van der Waals surface area contributed by atoms with Gasteiger partial charge in [0.05, 0.1) is 18.2 Å². The second-order valence-corrected chi connectivity index (χ2v) is 11.5. The summed E-state index contributed by atoms with van der Waals surface area (Å²) in [5, 5.41) is 4.02. The maximum Gasteiger partial charge on any atom is 0.251 e. The number of ether oxygens (including phenoxy) is 1. The number of benzene rings is 2. The largest absolute Gasteiger partial charge is 0.497 e. The van der Waals surface area contributed by atoms with Gasteiger partial charge in [-0.15, -0.1) is 0 Å². The summed E-state index contributed by atoms with van der Waals surface area (Å²) in [4.78, 5) is 28.7. The van der Waals surface area contributed by atoms with Gasteiger partial charge >= 0.3 is 0 Å². The van der Waals surface area contributed by atoms with Crippen molar-refractivity contribution in [3.8, 4) is 17.0 Å². The highest BCUT2D eigenvalue weighted by atomic mass is 16.5. The van der Waals surface area contributed by atoms with Gasteiger partial charge in [0, 0.05) is 54.6 Å². The lowest BCUT2D eigenvalue weighted by molar-refractivity contribution is -0.141. The molecule has 0 bridgehead atoms. The quantitative estimate of drug-likeness (QED) is 0.522. The first-order valence-electron chi connectivity index (χ1n) is 13.9. The summed E-state index contributed by atoms with van der Waals surface area (Å²) < 4.78 is 8.08. The number of carbonyl (C=O) groups excluding carboxylic acids is 2. The number of carbonyl (C=O) groups is 2. The van der Waals surface area contributed by atoms with E-state index in [1.54, 1.807) is 14.2 Å². The minimum absolute atomic E-state index is 0.0777. The summed E-state index contributed by atoms with van der Waals surface area (Å²) in [7, 11) is 3.40. The molecule has 3 aromatic rings. The van der Waals surface area contributed by atoms with Gasteiger partial charge in [0.25, 0.3) is 5.91 Å². The minimum atomic E-state index is -0.425. The molecule has 1 N–H and O–H groups in total. The van der Waals surface area contributed by atoms with Crippen LogP contribution in [0.15, 0.2) is 36.4 Å². The number of nitrogens with one attached hydrogen (secondary N) is 1. The zero-order valence-corrected chi connectivity index (χ0v) is 21.8. The lowest BCUT2D eigenvalue weighted by atomic mass is 9.81. The SMILES string of the molecule is CNC(=O)c1ccc2c(C3CCCCC3)c3n(c2c1)CC1(C(=O)N2CCC2)CC1c1cc(OC)ccc1-3. The van der Waals surface area contributed by atoms with Gasteiger partial charge in [-0.25, -0.2) is 0 Å². The molecule has 2 aliphatic heterocycles. The van der Waals surface area contributed by atoms with Crippen LogP contribution in [-0.4, -0.2) is 48.5 Å². The number of methoxy groups -OCH3 is 1. The third-order valence-electron chi connectivity index (χ3n) is 9.58. The van der Waals surface area contributed by atoms with Crippen molar-refractivity contribution in [3.63, 3.8) is 0 Å². The molecule has 1 saturated heterocycles. The molecule has 6 nitrogen and oxygen atoms in total. The van der Waals surface area contributed by atoms with E-state index in [2.05, 4.69) is 45.1 Å². The lowest BCUT2D eigenvalue weighted by Crippen LogP contribution is -2.47. The first-order valence-corrected chi connectivity index (χ1v) is 13.9. The van der Waals surface area contributed by atoms with Gasteiger partial charge < -0.3 is 19.5 Å². The summed E-state index contributed by atoms with van der Waals surface area (Å²) in [6.07, 6.45) is 8.15. The molecular weight excluding hydrogens is 462 g/mol. The smallest absolute Gasteiger partial charge is 0.251 e. The monoisotopic (exact) mass is 497 g/mol. The van der Waals surface area contributed by atoms with Crippen molar-refractivity contribution in [1.82, 2.24) is 14.8 Å². The van der Waals surface area contributed by atoms with Crippen molar-refractivity contribution in [2.75, 3.05) is 27.2 Å². The van der Waals surface area contributed by atoms with Crippen LogP contribution in [0.5, 0.6) is 5.75 Å². The van der Waals surface area contributed by atoms with Gasteiger partial charge in [0.15, 0.2) is 0 Å². The number of nitrogens with zero attached hydrogens (tertiary/aromatic N) is 2. The molecule has 2 aliphatic carbocycles. The Bertz CT molecular complexity index is 1430. The average molecular weight is 498 g/mol. The van der Waals surface area contributed by atoms with E-state index in [1.165, 1.54) is 59.9 Å². The lowest BCUT2D eigenvalue weighted by Gasteiger charge is -2.35. The van der Waals surface area contributed by atoms with Gasteiger partial charge in [-0.05, 0) is 73.1 Å². The van der Waals surface area contributed by atoms with Gasteiger partial charge in [0.2, 0.25) is 5.91 Å². The van der Waals surface area contributed by atoms with Crippen LogP contribution in [0.3, 0.4) is 0 Å². The third kappa shape index (κ3) is 3.30. The van der Waals surface area contributed by atoms with Crippen molar-refractivity contribution in [2.24, 2.45) is 5.41 Å². The van der Waals surface area contributed by atoms with Crippen molar-refractivity contribution in [1.29, 1.82) is 0 Å². The zero-order chi connectivity index (χ0) is 25.3. The Labute approximate surface area is 218 Å². The first-order chi connectivity index (χ1) is 18.1. The minimum Gasteiger partial charge on any atom is -0.497 e. The van der Waals surface area contributed by atoms with E-state index >= 15 is 0 Å². The number of aromatic nitrogens is 1. The highest BCUT2D eigenvalue weighted by Gasteiger charge is 2.64. The van der Waals surface area contributed by atoms with Gasteiger partial charge in [-0.1, -0.05) is 25.3 Å². The fourth-order valence-electron chi connectivity index (χ4n) is 7.40. The van der Waals surface area contributed by atoms with Gasteiger partial charge in [-0.3, -0.25) is 9.59 Å². The number of hydrogen-bond donors (Lipinski definition) is 1. The van der Waals surface area contributed by atoms with Crippen LogP contribution < -0.4 is 10.1 Å². The number of amides is 2. The molecule has 2 amide bonds. The molecule has 37 heavy (non-hydrogen) atoms. The van der Waals surface area contributed by atoms with Crippen molar-refractivity contribution < 1.29 is 14.3 Å². The van der Waals surface area contributed by atoms with E-state index in [1.807, 2.05) is 6.07 Å². The molecule has 0 radical (unpaired) electrons.